The molecular formula is C35H45N7O4S. The lowest BCUT2D eigenvalue weighted by Crippen LogP contribution is -2.36. The van der Waals surface area contributed by atoms with Crippen LogP contribution in [-0.2, 0) is 14.3 Å². The number of nitrogens with two attached hydrogens (primary N) is 1. The van der Waals surface area contributed by atoms with Crippen LogP contribution in [0.5, 0.6) is 5.75 Å². The quantitative estimate of drug-likeness (QED) is 0.118. The molecule has 2 saturated carbocycles. The molecule has 47 heavy (non-hydrogen) atoms. The lowest BCUT2D eigenvalue weighted by atomic mass is 10.0. The summed E-state index contributed by atoms with van der Waals surface area (Å²) in [6.45, 7) is 11.4. The summed E-state index contributed by atoms with van der Waals surface area (Å²) in [6, 6.07) is 5.59. The van der Waals surface area contributed by atoms with E-state index in [0.29, 0.717) is 48.6 Å². The van der Waals surface area contributed by atoms with Gasteiger partial charge in [0.25, 0.3) is 11.8 Å². The number of carbonyl (C=O) groups is 2. The van der Waals surface area contributed by atoms with E-state index in [1.165, 1.54) is 6.08 Å². The molecule has 0 aromatic heterocycles. The standard InChI is InChI=1S/C35H45N7O4S/c1-7-26(20-46-25-14-15-25)47-21(2)19-42(5)35(44)29-16-13-24(18-39-29)27-9-8-10-28(33(27)45-6)40-30(32(37)22(3)38-4)17-31(36)41-34(43)23-11-12-23/h7-10,13,16-17,23,25,37-40H,2-3,11-12,14-15,18-20H2,1,4-6H3,(H2,36,41,43)/b26-7-,30-17+,37-32?. The van der Waals surface area contributed by atoms with Crippen LogP contribution in [-0.4, -0.2) is 75.3 Å². The predicted octanol–water partition coefficient (Wildman–Crippen LogP) is 4.70. The lowest BCUT2D eigenvalue weighted by molar-refractivity contribution is -0.125. The number of allylic oxidation sites excluding steroid dienone is 3. The zero-order valence-electron chi connectivity index (χ0n) is 27.6. The van der Waals surface area contributed by atoms with Gasteiger partial charge in [0.05, 0.1) is 43.4 Å². The van der Waals surface area contributed by atoms with Gasteiger partial charge in [-0.25, -0.2) is 0 Å². The van der Waals surface area contributed by atoms with Crippen LogP contribution in [0.4, 0.5) is 5.69 Å². The number of amidine groups is 1. The number of aliphatic imine (C=N–C) groups is 1. The van der Waals surface area contributed by atoms with Crippen molar-refractivity contribution in [2.24, 2.45) is 16.6 Å². The smallest absolute Gasteiger partial charge is 0.269 e. The Balaban J connectivity index is 1.48. The molecule has 1 aliphatic heterocycles. The molecule has 250 valence electrons. The first kappa shape index (κ1) is 35.3. The van der Waals surface area contributed by atoms with Gasteiger partial charge in [-0.2, -0.15) is 4.99 Å². The van der Waals surface area contributed by atoms with Crippen molar-refractivity contribution < 1.29 is 19.1 Å². The summed E-state index contributed by atoms with van der Waals surface area (Å²) in [5.74, 6) is 0.0466. The average Bonchev–Trinajstić information content (AvgIpc) is 4.00. The third-order valence-electron chi connectivity index (χ3n) is 7.66. The molecule has 6 N–H and O–H groups in total. The molecular weight excluding hydrogens is 614 g/mol. The third kappa shape index (κ3) is 9.97. The van der Waals surface area contributed by atoms with Gasteiger partial charge in [-0.3, -0.25) is 15.0 Å². The zero-order chi connectivity index (χ0) is 34.1. The second-order valence-corrected chi connectivity index (χ2v) is 12.8. The topological polar surface area (TPSA) is 154 Å². The van der Waals surface area contributed by atoms with Gasteiger partial charge in [-0.15, -0.1) is 0 Å². The molecule has 2 fully saturated rings. The van der Waals surface area contributed by atoms with Crippen molar-refractivity contribution >= 4 is 46.4 Å². The number of ether oxygens (including phenoxy) is 2. The fraction of sp³-hybridized carbons (Fsp3) is 0.371. The van der Waals surface area contributed by atoms with Crippen molar-refractivity contribution in [3.8, 4) is 5.75 Å². The van der Waals surface area contributed by atoms with E-state index in [1.807, 2.05) is 37.3 Å². The predicted molar refractivity (Wildman–Crippen MR) is 191 cm³/mol. The Kier molecular flexibility index (Phi) is 12.3. The number of hydrogen-bond acceptors (Lipinski definition) is 9. The van der Waals surface area contributed by atoms with Gasteiger partial charge in [-0.1, -0.05) is 49.2 Å². The Morgan fingerprint density at radius 1 is 1.23 bits per heavy atom. The molecule has 0 unspecified atom stereocenters. The zero-order valence-corrected chi connectivity index (χ0v) is 28.4. The number of anilines is 1. The number of rotatable bonds is 17. The number of methoxy groups -OCH3 is 1. The van der Waals surface area contributed by atoms with Crippen LogP contribution in [0.3, 0.4) is 0 Å². The highest BCUT2D eigenvalue weighted by Crippen LogP contribution is 2.36. The molecule has 11 nitrogen and oxygen atoms in total. The molecule has 0 spiro atoms. The van der Waals surface area contributed by atoms with Crippen molar-refractivity contribution in [3.05, 3.63) is 88.1 Å². The van der Waals surface area contributed by atoms with Gasteiger partial charge < -0.3 is 36.1 Å². The van der Waals surface area contributed by atoms with E-state index in [-0.39, 0.29) is 35.0 Å². The maximum atomic E-state index is 13.3. The van der Waals surface area contributed by atoms with Crippen molar-refractivity contribution in [2.45, 2.75) is 38.7 Å². The Labute approximate surface area is 281 Å². The highest BCUT2D eigenvalue weighted by atomic mass is 32.2. The first-order valence-corrected chi connectivity index (χ1v) is 16.4. The molecule has 3 aliphatic rings. The molecule has 1 aromatic carbocycles. The Morgan fingerprint density at radius 2 is 1.98 bits per heavy atom. The van der Waals surface area contributed by atoms with E-state index in [0.717, 1.165) is 46.6 Å². The molecule has 4 rings (SSSR count). The summed E-state index contributed by atoms with van der Waals surface area (Å²) in [4.78, 5) is 33.0. The van der Waals surface area contributed by atoms with Crippen molar-refractivity contribution in [1.82, 2.24) is 15.5 Å². The summed E-state index contributed by atoms with van der Waals surface area (Å²) < 4.78 is 11.6. The molecule has 0 atom stereocenters. The van der Waals surface area contributed by atoms with Crippen LogP contribution in [0.25, 0.3) is 5.57 Å². The van der Waals surface area contributed by atoms with Gasteiger partial charge in [0, 0.05) is 48.0 Å². The number of likely N-dealkylation sites (N-methyl/N-ethyl adjacent to an activating group) is 1. The fourth-order valence-corrected chi connectivity index (χ4v) is 5.50. The first-order valence-electron chi connectivity index (χ1n) is 15.6. The van der Waals surface area contributed by atoms with Crippen molar-refractivity contribution in [3.63, 3.8) is 0 Å². The largest absolute Gasteiger partial charge is 0.494 e. The maximum Gasteiger partial charge on any atom is 0.269 e. The summed E-state index contributed by atoms with van der Waals surface area (Å²) in [5.41, 5.74) is 9.50. The second-order valence-electron chi connectivity index (χ2n) is 11.5. The Morgan fingerprint density at radius 3 is 2.57 bits per heavy atom. The minimum absolute atomic E-state index is 0.00769. The average molecular weight is 660 g/mol. The van der Waals surface area contributed by atoms with Gasteiger partial charge in [0.15, 0.2) is 0 Å². The third-order valence-corrected chi connectivity index (χ3v) is 8.69. The van der Waals surface area contributed by atoms with Gasteiger partial charge >= 0.3 is 0 Å². The fourth-order valence-electron chi connectivity index (χ4n) is 4.63. The molecule has 12 heteroatoms. The summed E-state index contributed by atoms with van der Waals surface area (Å²) in [6.07, 6.45) is 11.4. The molecule has 0 radical (unpaired) electrons. The van der Waals surface area contributed by atoms with Crippen molar-refractivity contribution in [1.29, 1.82) is 5.41 Å². The van der Waals surface area contributed by atoms with Crippen LogP contribution >= 0.6 is 11.8 Å². The van der Waals surface area contributed by atoms with Gasteiger partial charge in [0.1, 0.15) is 23.0 Å². The molecule has 1 heterocycles. The summed E-state index contributed by atoms with van der Waals surface area (Å²) >= 11 is 1.55. The first-order chi connectivity index (χ1) is 22.5. The highest BCUT2D eigenvalue weighted by Gasteiger charge is 2.29. The SMILES string of the molecule is C=C(CN(C)C(=O)C1=CC=C(c2cccc(N/C(=C/C(N)=NC(=O)C3CC3)C(=N)C(=C)NC)c2OC)CN1)S/C(=C\C)COC1CC1. The van der Waals surface area contributed by atoms with E-state index in [9.17, 15) is 9.59 Å². The number of nitrogens with zero attached hydrogens (tertiary/aromatic N) is 2. The molecule has 0 bridgehead atoms. The second kappa shape index (κ2) is 16.3. The number of carbonyl (C=O) groups excluding carboxylic acids is 2. The number of dihydropyridines is 1. The maximum absolute atomic E-state index is 13.3. The monoisotopic (exact) mass is 659 g/mol. The minimum Gasteiger partial charge on any atom is -0.494 e. The normalized spacial score (nSPS) is 16.7. The number of para-hydroxylation sites is 1. The molecule has 0 saturated heterocycles. The van der Waals surface area contributed by atoms with Crippen LogP contribution in [0, 0.1) is 11.3 Å². The number of thioether (sulfide) groups is 1. The Hall–Kier alpha value is -4.55. The van der Waals surface area contributed by atoms with E-state index >= 15 is 0 Å². The summed E-state index contributed by atoms with van der Waals surface area (Å²) in [5, 5.41) is 18.0. The van der Waals surface area contributed by atoms with Gasteiger partial charge in [0.2, 0.25) is 0 Å². The van der Waals surface area contributed by atoms with Crippen LogP contribution < -0.4 is 26.4 Å². The van der Waals surface area contributed by atoms with Crippen molar-refractivity contribution in [2.75, 3.05) is 46.2 Å². The number of benzene rings is 1. The summed E-state index contributed by atoms with van der Waals surface area (Å²) in [7, 11) is 4.99. The van der Waals surface area contributed by atoms with E-state index in [1.54, 1.807) is 43.9 Å². The van der Waals surface area contributed by atoms with Crippen LogP contribution in [0.15, 0.2) is 87.6 Å². The highest BCUT2D eigenvalue weighted by molar-refractivity contribution is 8.06. The minimum atomic E-state index is -0.258. The van der Waals surface area contributed by atoms with Crippen LogP contribution in [0.2, 0.25) is 0 Å². The van der Waals surface area contributed by atoms with Gasteiger partial charge in [-0.05, 0) is 50.3 Å². The lowest BCUT2D eigenvalue weighted by Gasteiger charge is -2.24. The molecule has 2 aliphatic carbocycles. The van der Waals surface area contributed by atoms with E-state index < -0.39 is 0 Å². The van der Waals surface area contributed by atoms with E-state index in [4.69, 9.17) is 20.6 Å². The molecule has 2 amide bonds. The number of nitrogens with one attached hydrogen (secondary N) is 4. The number of amides is 2. The number of hydrogen-bond donors (Lipinski definition) is 5. The molecule has 1 aromatic rings. The van der Waals surface area contributed by atoms with E-state index in [2.05, 4.69) is 34.1 Å². The van der Waals surface area contributed by atoms with Crippen LogP contribution in [0.1, 0.15) is 38.2 Å². The Bertz CT molecular complexity index is 1580.